The first kappa shape index (κ1) is 43.5. The lowest BCUT2D eigenvalue weighted by Crippen LogP contribution is -2.46. The summed E-state index contributed by atoms with van der Waals surface area (Å²) in [5, 5.41) is 4.65. The van der Waals surface area contributed by atoms with Crippen LogP contribution in [0.5, 0.6) is 23.0 Å². The van der Waals surface area contributed by atoms with Crippen LogP contribution in [0.25, 0.3) is 22.3 Å². The summed E-state index contributed by atoms with van der Waals surface area (Å²) < 4.78 is 26.3. The zero-order valence-corrected chi connectivity index (χ0v) is 38.3. The Bertz CT molecular complexity index is 2380. The molecule has 0 bridgehead atoms. The Balaban J connectivity index is 0.000000145. The van der Waals surface area contributed by atoms with Gasteiger partial charge in [0, 0.05) is 71.9 Å². The van der Waals surface area contributed by atoms with Crippen LogP contribution in [0.1, 0.15) is 0 Å². The van der Waals surface area contributed by atoms with Crippen LogP contribution in [0.3, 0.4) is 0 Å². The van der Waals surface area contributed by atoms with Crippen molar-refractivity contribution in [1.29, 1.82) is 0 Å². The van der Waals surface area contributed by atoms with Gasteiger partial charge < -0.3 is 39.0 Å². The molecule has 2 saturated heterocycles. The van der Waals surface area contributed by atoms with E-state index in [1.165, 1.54) is 37.2 Å². The lowest BCUT2D eigenvalue weighted by molar-refractivity contribution is 0.172. The van der Waals surface area contributed by atoms with Gasteiger partial charge in [-0.25, -0.2) is 0 Å². The first-order valence-corrected chi connectivity index (χ1v) is 25.6. The third-order valence-electron chi connectivity index (χ3n) is 9.98. The van der Waals surface area contributed by atoms with E-state index in [-0.39, 0.29) is 8.41 Å². The Morgan fingerprint density at radius 3 is 1.56 bits per heavy atom. The monoisotopic (exact) mass is 915 g/mol. The summed E-state index contributed by atoms with van der Waals surface area (Å²) >= 11 is 12.8. The van der Waals surface area contributed by atoms with E-state index < -0.39 is 0 Å². The molecule has 0 spiro atoms. The average molecular weight is 916 g/mol. The molecule has 2 aromatic heterocycles. The lowest BCUT2D eigenvalue weighted by Gasteiger charge is -2.38. The van der Waals surface area contributed by atoms with Gasteiger partial charge in [0.2, 0.25) is 0 Å². The summed E-state index contributed by atoms with van der Waals surface area (Å²) in [7, 11) is 6.96. The molecule has 0 atom stereocenters. The smallest absolute Gasteiger partial charge is 0.184 e. The Morgan fingerprint density at radius 1 is 0.525 bits per heavy atom. The van der Waals surface area contributed by atoms with E-state index in [0.717, 1.165) is 88.7 Å². The Kier molecular flexibility index (Phi) is 15.7. The highest BCUT2D eigenvalue weighted by Crippen LogP contribution is 2.44. The Hall–Kier alpha value is -3.61. The van der Waals surface area contributed by atoms with Crippen molar-refractivity contribution in [1.82, 2.24) is 5.32 Å². The second kappa shape index (κ2) is 21.3. The summed E-state index contributed by atoms with van der Waals surface area (Å²) in [6.45, 7) is 10.5. The summed E-state index contributed by atoms with van der Waals surface area (Å²) in [5.74, 6) is 3.53. The lowest BCUT2D eigenvalue weighted by atomic mass is 10.1. The van der Waals surface area contributed by atoms with Crippen molar-refractivity contribution >= 4 is 102 Å². The van der Waals surface area contributed by atoms with Crippen LogP contribution in [0.4, 0.5) is 16.4 Å². The second-order valence-corrected chi connectivity index (χ2v) is 20.2. The molecule has 4 aliphatic rings. The highest BCUT2D eigenvalue weighted by molar-refractivity contribution is 8.02. The summed E-state index contributed by atoms with van der Waals surface area (Å²) in [5.41, 5.74) is 7.21. The molecule has 2 fully saturated rings. The number of hydrogen-bond acceptors (Lipinski definition) is 15. The Labute approximate surface area is 377 Å². The van der Waals surface area contributed by atoms with Crippen LogP contribution in [-0.2, 0) is 0 Å². The van der Waals surface area contributed by atoms with Gasteiger partial charge in [-0.3, -0.25) is 0 Å². The number of benzene rings is 4. The molecule has 59 heavy (non-hydrogen) atoms. The number of nitrogens with one attached hydrogen (secondary N) is 1. The van der Waals surface area contributed by atoms with Crippen LogP contribution in [0.2, 0.25) is 0 Å². The predicted octanol–water partition coefficient (Wildman–Crippen LogP) is 10.7. The average Bonchev–Trinajstić information content (AvgIpc) is 3.88. The zero-order valence-electron chi connectivity index (χ0n) is 32.6. The molecular weight excluding hydrogens is 872 g/mol. The van der Waals surface area contributed by atoms with Crippen LogP contribution < -0.4 is 39.0 Å². The number of ether oxygens (including phenoxy) is 4. The molecule has 6 heterocycles. The van der Waals surface area contributed by atoms with Gasteiger partial charge >= 0.3 is 0 Å². The van der Waals surface area contributed by atoms with Gasteiger partial charge in [0.25, 0.3) is 0 Å². The minimum absolute atomic E-state index is 0. The Morgan fingerprint density at radius 2 is 1.00 bits per heavy atom. The molecule has 305 valence electrons. The zero-order chi connectivity index (χ0) is 39.7. The molecule has 3 radical (unpaired) electrons. The second-order valence-electron chi connectivity index (χ2n) is 13.5. The largest absolute Gasteiger partial charge is 0.486 e. The quantitative estimate of drug-likeness (QED) is 0.0752. The molecule has 16 heteroatoms. The minimum atomic E-state index is 0. The molecule has 0 unspecified atom stereocenters. The molecule has 8 nitrogen and oxygen atoms in total. The highest BCUT2D eigenvalue weighted by Gasteiger charge is 2.26. The standard InChI is InChI=1S/C21H20N2O2S3.C12H16N2O2.C10H8S4.B/c26-21-18(15-5-2-1-3-6-15)20(27-28-21)23-11-9-22(10-12-23)16-7-4-8-17-19(16)25-14-13-24-17;1-2-10(14-6-4-13-5-7-14)12-11(3-1)15-8-9-16-12;1-12-10-8(9(11)13-14-10)7-5-3-2-4-6-7;/h1-8H,9-14H2;1-3,13H,4-9H2;2-6H,1H3;. The van der Waals surface area contributed by atoms with E-state index in [9.17, 15) is 0 Å². The fraction of sp³-hybridized carbons (Fsp3) is 0.302. The van der Waals surface area contributed by atoms with Crippen molar-refractivity contribution in [3.05, 3.63) is 105 Å². The minimum Gasteiger partial charge on any atom is -0.486 e. The molecule has 10 rings (SSSR count). The SMILES string of the molecule is CSc1ssc(=S)c1-c1ccccc1.S=c1ssc(N2CCN(c3cccc4c3OCCO4)CC2)c1-c1ccccc1.[B].c1cc2c(c(N3CCNCC3)c1)OCCO2. The van der Waals surface area contributed by atoms with Gasteiger partial charge in [-0.15, -0.1) is 11.8 Å². The maximum absolute atomic E-state index is 5.91. The van der Waals surface area contributed by atoms with E-state index in [1.54, 1.807) is 53.1 Å². The third kappa shape index (κ3) is 10.3. The molecule has 0 saturated carbocycles. The molecule has 4 aliphatic heterocycles. The molecule has 0 amide bonds. The first-order chi connectivity index (χ1) is 28.6. The van der Waals surface area contributed by atoms with Gasteiger partial charge in [0.15, 0.2) is 23.0 Å². The van der Waals surface area contributed by atoms with E-state index in [4.69, 9.17) is 43.4 Å². The third-order valence-corrected chi connectivity index (χ3v) is 17.5. The summed E-state index contributed by atoms with van der Waals surface area (Å²) in [6.07, 6.45) is 2.10. The number of thioether (sulfide) groups is 1. The molecule has 6 aromatic rings. The molecule has 0 aliphatic carbocycles. The van der Waals surface area contributed by atoms with Crippen molar-refractivity contribution in [3.8, 4) is 45.3 Å². The van der Waals surface area contributed by atoms with Crippen molar-refractivity contribution in [3.63, 3.8) is 0 Å². The van der Waals surface area contributed by atoms with Crippen molar-refractivity contribution in [2.75, 3.05) is 99.7 Å². The maximum atomic E-state index is 5.91. The van der Waals surface area contributed by atoms with E-state index in [0.29, 0.717) is 26.4 Å². The number of anilines is 3. The summed E-state index contributed by atoms with van der Waals surface area (Å²) in [4.78, 5) is 7.23. The van der Waals surface area contributed by atoms with Crippen molar-refractivity contribution in [2.24, 2.45) is 0 Å². The molecule has 1 N–H and O–H groups in total. The number of nitrogens with zero attached hydrogens (tertiary/aromatic N) is 3. The van der Waals surface area contributed by atoms with Gasteiger partial charge in [-0.2, -0.15) is 0 Å². The van der Waals surface area contributed by atoms with Crippen molar-refractivity contribution < 1.29 is 18.9 Å². The number of rotatable bonds is 6. The van der Waals surface area contributed by atoms with Crippen LogP contribution in [0, 0.1) is 7.65 Å². The van der Waals surface area contributed by atoms with Gasteiger partial charge in [-0.1, -0.05) is 139 Å². The normalized spacial score (nSPS) is 15.5. The number of fused-ring (bicyclic) bond motifs is 2. The number of para-hydroxylation sites is 2. The first-order valence-electron chi connectivity index (χ1n) is 19.2. The van der Waals surface area contributed by atoms with Gasteiger partial charge in [-0.05, 0) is 41.6 Å². The predicted molar refractivity (Wildman–Crippen MR) is 259 cm³/mol. The topological polar surface area (TPSA) is 58.7 Å². The van der Waals surface area contributed by atoms with Gasteiger partial charge in [0.05, 0.1) is 15.6 Å². The summed E-state index contributed by atoms with van der Waals surface area (Å²) in [6, 6.07) is 33.2. The fourth-order valence-corrected chi connectivity index (χ4v) is 14.3. The van der Waals surface area contributed by atoms with E-state index in [1.807, 2.05) is 36.4 Å². The molecule has 4 aromatic carbocycles. The van der Waals surface area contributed by atoms with Crippen LogP contribution in [0.15, 0.2) is 101 Å². The van der Waals surface area contributed by atoms with E-state index in [2.05, 4.69) is 86.9 Å². The van der Waals surface area contributed by atoms with Gasteiger partial charge in [0.1, 0.15) is 39.1 Å². The molecular formula is C43H44BN4O4S7. The highest BCUT2D eigenvalue weighted by atomic mass is 32.9. The van der Waals surface area contributed by atoms with Crippen LogP contribution >= 0.6 is 77.6 Å². The number of piperazine rings is 2. The van der Waals surface area contributed by atoms with Crippen molar-refractivity contribution in [2.45, 2.75) is 4.21 Å². The van der Waals surface area contributed by atoms with Crippen LogP contribution in [-0.4, -0.2) is 93.5 Å². The maximum Gasteiger partial charge on any atom is 0.184 e. The van der Waals surface area contributed by atoms with E-state index >= 15 is 0 Å². The fourth-order valence-electron chi connectivity index (χ4n) is 7.19. The number of hydrogen-bond donors (Lipinski definition) is 1.